The number of urea groups is 1. The third kappa shape index (κ3) is 4.53. The second kappa shape index (κ2) is 9.36. The van der Waals surface area contributed by atoms with Crippen molar-refractivity contribution in [1.82, 2.24) is 20.4 Å². The quantitative estimate of drug-likeness (QED) is 0.648. The number of fused-ring (bicyclic) bond motifs is 2. The smallest absolute Gasteiger partial charge is 0.317 e. The number of amides is 4. The Morgan fingerprint density at radius 1 is 1.16 bits per heavy atom. The first-order valence-corrected chi connectivity index (χ1v) is 11.5. The van der Waals surface area contributed by atoms with Crippen LogP contribution in [0.1, 0.15) is 51.1 Å². The van der Waals surface area contributed by atoms with Crippen molar-refractivity contribution in [3.63, 3.8) is 0 Å². The summed E-state index contributed by atoms with van der Waals surface area (Å²) >= 11 is 0. The molecule has 2 saturated heterocycles. The number of carbonyl (C=O) groups is 3. The van der Waals surface area contributed by atoms with Crippen molar-refractivity contribution in [1.29, 1.82) is 0 Å². The van der Waals surface area contributed by atoms with E-state index < -0.39 is 12.1 Å². The lowest BCUT2D eigenvalue weighted by Gasteiger charge is -2.38. The van der Waals surface area contributed by atoms with Gasteiger partial charge in [-0.2, -0.15) is 0 Å². The number of carbonyl (C=O) groups excluding carboxylic acids is 3. The first-order valence-electron chi connectivity index (χ1n) is 11.5. The highest BCUT2D eigenvalue weighted by Gasteiger charge is 2.44. The molecule has 0 bridgehead atoms. The molecule has 174 valence electrons. The van der Waals surface area contributed by atoms with E-state index in [0.717, 1.165) is 17.7 Å². The summed E-state index contributed by atoms with van der Waals surface area (Å²) in [7, 11) is 0. The van der Waals surface area contributed by atoms with Crippen molar-refractivity contribution in [2.45, 2.75) is 69.7 Å². The van der Waals surface area contributed by atoms with E-state index >= 15 is 0 Å². The Balaban J connectivity index is 1.45. The number of ether oxygens (including phenoxy) is 1. The Morgan fingerprint density at radius 3 is 2.72 bits per heavy atom. The van der Waals surface area contributed by atoms with Crippen LogP contribution < -0.4 is 21.1 Å². The molecule has 9 heteroatoms. The molecule has 4 N–H and O–H groups in total. The SMILES string of the molecule is CC(C)NC(=O)N1CC[C@H]2CC[C@@H](C(=O)N[C@@H]3CCOc4ccccc43)N2C(=O)[C@@H](N)C1. The Bertz CT molecular complexity index is 876. The van der Waals surface area contributed by atoms with E-state index in [1.807, 2.05) is 38.1 Å². The van der Waals surface area contributed by atoms with Gasteiger partial charge in [0.15, 0.2) is 0 Å². The normalized spacial score (nSPS) is 27.7. The molecule has 0 aromatic heterocycles. The summed E-state index contributed by atoms with van der Waals surface area (Å²) in [5.74, 6) is 0.379. The zero-order valence-corrected chi connectivity index (χ0v) is 18.8. The van der Waals surface area contributed by atoms with E-state index in [1.54, 1.807) is 9.80 Å². The van der Waals surface area contributed by atoms with Gasteiger partial charge in [-0.05, 0) is 39.2 Å². The monoisotopic (exact) mass is 443 g/mol. The average molecular weight is 444 g/mol. The molecule has 1 aromatic rings. The van der Waals surface area contributed by atoms with E-state index in [-0.39, 0.29) is 42.5 Å². The standard InChI is InChI=1S/C23H33N5O4/c1-14(2)25-23(31)27-11-9-15-7-8-19(28(15)22(30)17(24)13-27)21(29)26-18-10-12-32-20-6-4-3-5-16(18)20/h3-6,14-15,17-19H,7-13,24H2,1-2H3,(H,25,31)(H,26,29)/t15-,17+,18-,19+/m1/s1. The molecule has 4 rings (SSSR count). The van der Waals surface area contributed by atoms with E-state index in [1.165, 1.54) is 0 Å². The summed E-state index contributed by atoms with van der Waals surface area (Å²) in [5.41, 5.74) is 7.17. The minimum atomic E-state index is -0.854. The zero-order chi connectivity index (χ0) is 22.8. The summed E-state index contributed by atoms with van der Waals surface area (Å²) in [4.78, 5) is 42.3. The molecule has 4 amide bonds. The predicted molar refractivity (Wildman–Crippen MR) is 119 cm³/mol. The molecule has 9 nitrogen and oxygen atoms in total. The number of benzene rings is 1. The molecular weight excluding hydrogens is 410 g/mol. The highest BCUT2D eigenvalue weighted by atomic mass is 16.5. The molecule has 3 heterocycles. The molecule has 0 unspecified atom stereocenters. The van der Waals surface area contributed by atoms with E-state index in [9.17, 15) is 14.4 Å². The number of nitrogens with two attached hydrogens (primary N) is 1. The van der Waals surface area contributed by atoms with Crippen LogP contribution in [0.2, 0.25) is 0 Å². The summed E-state index contributed by atoms with van der Waals surface area (Å²) in [5, 5.41) is 6.01. The van der Waals surface area contributed by atoms with Crippen LogP contribution in [0.4, 0.5) is 4.79 Å². The third-order valence-corrected chi connectivity index (χ3v) is 6.50. The van der Waals surface area contributed by atoms with Gasteiger partial charge in [0.1, 0.15) is 17.8 Å². The molecule has 1 aromatic carbocycles. The maximum atomic E-state index is 13.3. The van der Waals surface area contributed by atoms with Gasteiger partial charge in [0.05, 0.1) is 12.6 Å². The maximum Gasteiger partial charge on any atom is 0.317 e. The zero-order valence-electron chi connectivity index (χ0n) is 18.8. The van der Waals surface area contributed by atoms with Crippen LogP contribution in [0.25, 0.3) is 0 Å². The molecule has 0 aliphatic carbocycles. The highest BCUT2D eigenvalue weighted by molar-refractivity contribution is 5.91. The van der Waals surface area contributed by atoms with Gasteiger partial charge in [-0.25, -0.2) is 4.79 Å². The number of hydrogen-bond acceptors (Lipinski definition) is 5. The van der Waals surface area contributed by atoms with Gasteiger partial charge in [-0.15, -0.1) is 0 Å². The van der Waals surface area contributed by atoms with Crippen molar-refractivity contribution < 1.29 is 19.1 Å². The number of hydrogen-bond donors (Lipinski definition) is 3. The molecule has 3 aliphatic rings. The Morgan fingerprint density at radius 2 is 1.94 bits per heavy atom. The molecule has 0 spiro atoms. The molecule has 0 saturated carbocycles. The molecule has 32 heavy (non-hydrogen) atoms. The molecular formula is C23H33N5O4. The third-order valence-electron chi connectivity index (χ3n) is 6.50. The second-order valence-electron chi connectivity index (χ2n) is 9.17. The van der Waals surface area contributed by atoms with Gasteiger partial charge in [0.2, 0.25) is 11.8 Å². The predicted octanol–water partition coefficient (Wildman–Crippen LogP) is 1.14. The van der Waals surface area contributed by atoms with Gasteiger partial charge in [0.25, 0.3) is 0 Å². The van der Waals surface area contributed by atoms with Crippen LogP contribution in [0.3, 0.4) is 0 Å². The van der Waals surface area contributed by atoms with Crippen molar-refractivity contribution in [3.8, 4) is 5.75 Å². The van der Waals surface area contributed by atoms with Gasteiger partial charge < -0.3 is 30.9 Å². The number of nitrogens with one attached hydrogen (secondary N) is 2. The summed E-state index contributed by atoms with van der Waals surface area (Å²) in [6, 6.07) is 5.88. The van der Waals surface area contributed by atoms with Crippen LogP contribution in [0, 0.1) is 0 Å². The maximum absolute atomic E-state index is 13.3. The molecule has 0 radical (unpaired) electrons. The summed E-state index contributed by atoms with van der Waals surface area (Å²) < 4.78 is 5.69. The topological polar surface area (TPSA) is 117 Å². The van der Waals surface area contributed by atoms with Crippen molar-refractivity contribution in [2.24, 2.45) is 5.73 Å². The highest BCUT2D eigenvalue weighted by Crippen LogP contribution is 2.33. The molecule has 3 aliphatic heterocycles. The van der Waals surface area contributed by atoms with Gasteiger partial charge in [-0.3, -0.25) is 9.59 Å². The van der Waals surface area contributed by atoms with Crippen LogP contribution in [0.5, 0.6) is 5.75 Å². The van der Waals surface area contributed by atoms with E-state index in [2.05, 4.69) is 10.6 Å². The summed E-state index contributed by atoms with van der Waals surface area (Å²) in [6.07, 6.45) is 2.64. The fourth-order valence-corrected chi connectivity index (χ4v) is 4.94. The van der Waals surface area contributed by atoms with Crippen LogP contribution >= 0.6 is 0 Å². The lowest BCUT2D eigenvalue weighted by Crippen LogP contribution is -2.60. The van der Waals surface area contributed by atoms with Gasteiger partial charge in [-0.1, -0.05) is 18.2 Å². The first kappa shape index (κ1) is 22.4. The van der Waals surface area contributed by atoms with Crippen LogP contribution in [-0.2, 0) is 9.59 Å². The lowest BCUT2D eigenvalue weighted by atomic mass is 10.00. The van der Waals surface area contributed by atoms with E-state index in [0.29, 0.717) is 32.4 Å². The minimum absolute atomic E-state index is 0.00578. The fourth-order valence-electron chi connectivity index (χ4n) is 4.94. The Labute approximate surface area is 188 Å². The summed E-state index contributed by atoms with van der Waals surface area (Å²) in [6.45, 7) is 4.97. The minimum Gasteiger partial charge on any atom is -0.493 e. The average Bonchev–Trinajstić information content (AvgIpc) is 3.18. The van der Waals surface area contributed by atoms with Crippen molar-refractivity contribution in [2.75, 3.05) is 19.7 Å². The number of rotatable bonds is 3. The van der Waals surface area contributed by atoms with Crippen LogP contribution in [-0.4, -0.2) is 71.5 Å². The molecule has 2 fully saturated rings. The van der Waals surface area contributed by atoms with E-state index in [4.69, 9.17) is 10.5 Å². The van der Waals surface area contributed by atoms with Gasteiger partial charge >= 0.3 is 6.03 Å². The van der Waals surface area contributed by atoms with Crippen molar-refractivity contribution >= 4 is 17.8 Å². The molecule has 4 atom stereocenters. The first-order chi connectivity index (χ1) is 15.3. The van der Waals surface area contributed by atoms with Crippen LogP contribution in [0.15, 0.2) is 24.3 Å². The van der Waals surface area contributed by atoms with Gasteiger partial charge in [0, 0.05) is 37.2 Å². The fraction of sp³-hybridized carbons (Fsp3) is 0.609. The van der Waals surface area contributed by atoms with Crippen molar-refractivity contribution in [3.05, 3.63) is 29.8 Å². The largest absolute Gasteiger partial charge is 0.493 e. The number of para-hydroxylation sites is 1. The lowest BCUT2D eigenvalue weighted by molar-refractivity contribution is -0.142. The Kier molecular flexibility index (Phi) is 6.55. The number of nitrogens with zero attached hydrogens (tertiary/aromatic N) is 2. The second-order valence-corrected chi connectivity index (χ2v) is 9.17. The Hall–Kier alpha value is -2.81.